The van der Waals surface area contributed by atoms with Crippen LogP contribution in [0.15, 0.2) is 28.6 Å². The molecule has 0 saturated carbocycles. The molecular formula is C13H15ClN2O2S2. The van der Waals surface area contributed by atoms with Crippen molar-refractivity contribution in [2.75, 3.05) is 4.72 Å². The number of anilines is 1. The fourth-order valence-electron chi connectivity index (χ4n) is 1.92. The highest BCUT2D eigenvalue weighted by Gasteiger charge is 2.20. The van der Waals surface area contributed by atoms with Crippen molar-refractivity contribution >= 4 is 38.6 Å². The first kappa shape index (κ1) is 15.3. The molecule has 0 aliphatic rings. The maximum atomic E-state index is 12.4. The predicted molar refractivity (Wildman–Crippen MR) is 83.1 cm³/mol. The van der Waals surface area contributed by atoms with E-state index in [0.29, 0.717) is 5.69 Å². The number of benzene rings is 1. The Bertz CT molecular complexity index is 689. The van der Waals surface area contributed by atoms with Crippen LogP contribution in [0.4, 0.5) is 5.69 Å². The van der Waals surface area contributed by atoms with Crippen molar-refractivity contribution in [1.29, 1.82) is 0 Å². The number of rotatable bonds is 5. The van der Waals surface area contributed by atoms with Crippen molar-refractivity contribution in [1.82, 2.24) is 4.98 Å². The van der Waals surface area contributed by atoms with Gasteiger partial charge in [-0.3, -0.25) is 4.72 Å². The standard InChI is InChI=1S/C13H15ClN2O2S2/c1-3-9-6-5-7-10(4-2)12(9)16-20(17,18)11-8-15-13(14)19-11/h5-8,16H,3-4H2,1-2H3. The predicted octanol–water partition coefficient (Wildman–Crippen LogP) is 3.72. The van der Waals surface area contributed by atoms with Gasteiger partial charge in [0.05, 0.1) is 11.9 Å². The van der Waals surface area contributed by atoms with E-state index in [2.05, 4.69) is 9.71 Å². The van der Waals surface area contributed by atoms with Gasteiger partial charge >= 0.3 is 0 Å². The largest absolute Gasteiger partial charge is 0.278 e. The molecule has 0 unspecified atom stereocenters. The Hall–Kier alpha value is -1.11. The lowest BCUT2D eigenvalue weighted by molar-refractivity contribution is 0.603. The molecule has 7 heteroatoms. The summed E-state index contributed by atoms with van der Waals surface area (Å²) in [5, 5.41) is 0. The molecule has 108 valence electrons. The van der Waals surface area contributed by atoms with Crippen LogP contribution in [0.5, 0.6) is 0 Å². The number of para-hydroxylation sites is 1. The van der Waals surface area contributed by atoms with Gasteiger partial charge in [-0.2, -0.15) is 0 Å². The van der Waals surface area contributed by atoms with Gasteiger partial charge < -0.3 is 0 Å². The van der Waals surface area contributed by atoms with E-state index < -0.39 is 10.0 Å². The van der Waals surface area contributed by atoms with Crippen molar-refractivity contribution in [3.8, 4) is 0 Å². The Morgan fingerprint density at radius 3 is 2.30 bits per heavy atom. The summed E-state index contributed by atoms with van der Waals surface area (Å²) in [5.74, 6) is 0. The fraction of sp³-hybridized carbons (Fsp3) is 0.308. The Morgan fingerprint density at radius 1 is 1.25 bits per heavy atom. The van der Waals surface area contributed by atoms with Crippen molar-refractivity contribution in [3.05, 3.63) is 40.0 Å². The van der Waals surface area contributed by atoms with E-state index in [0.717, 1.165) is 35.3 Å². The lowest BCUT2D eigenvalue weighted by atomic mass is 10.0. The summed E-state index contributed by atoms with van der Waals surface area (Å²) >= 11 is 6.65. The molecule has 0 aliphatic carbocycles. The van der Waals surface area contributed by atoms with Crippen LogP contribution in [0.25, 0.3) is 0 Å². The van der Waals surface area contributed by atoms with Crippen LogP contribution in [-0.4, -0.2) is 13.4 Å². The first-order chi connectivity index (χ1) is 9.47. The second-order valence-corrected chi connectivity index (χ2v) is 7.72. The molecule has 0 fully saturated rings. The highest BCUT2D eigenvalue weighted by atomic mass is 35.5. The van der Waals surface area contributed by atoms with E-state index in [1.165, 1.54) is 6.20 Å². The molecule has 1 aromatic heterocycles. The summed E-state index contributed by atoms with van der Waals surface area (Å²) in [5.41, 5.74) is 2.62. The second-order valence-electron chi connectivity index (χ2n) is 4.20. The summed E-state index contributed by atoms with van der Waals surface area (Å²) in [6, 6.07) is 5.80. The van der Waals surface area contributed by atoms with E-state index in [1.54, 1.807) is 0 Å². The number of sulfonamides is 1. The smallest absolute Gasteiger partial charge is 0.273 e. The van der Waals surface area contributed by atoms with Crippen LogP contribution in [0.3, 0.4) is 0 Å². The molecule has 0 amide bonds. The molecule has 0 spiro atoms. The van der Waals surface area contributed by atoms with Gasteiger partial charge in [-0.15, -0.1) is 0 Å². The molecule has 0 saturated heterocycles. The Balaban J connectivity index is 2.43. The van der Waals surface area contributed by atoms with Gasteiger partial charge in [0.1, 0.15) is 0 Å². The van der Waals surface area contributed by atoms with Crippen LogP contribution in [-0.2, 0) is 22.9 Å². The summed E-state index contributed by atoms with van der Waals surface area (Å²) in [4.78, 5) is 3.77. The second kappa shape index (κ2) is 6.11. The molecular weight excluding hydrogens is 316 g/mol. The molecule has 1 heterocycles. The minimum absolute atomic E-state index is 0.121. The topological polar surface area (TPSA) is 59.1 Å². The monoisotopic (exact) mass is 330 g/mol. The minimum atomic E-state index is -3.64. The van der Waals surface area contributed by atoms with Gasteiger partial charge in [0.25, 0.3) is 10.0 Å². The van der Waals surface area contributed by atoms with Crippen molar-refractivity contribution in [2.24, 2.45) is 0 Å². The van der Waals surface area contributed by atoms with Crippen LogP contribution in [0.2, 0.25) is 4.47 Å². The normalized spacial score (nSPS) is 11.6. The summed E-state index contributed by atoms with van der Waals surface area (Å²) < 4.78 is 27.7. The van der Waals surface area contributed by atoms with E-state index in [9.17, 15) is 8.42 Å². The van der Waals surface area contributed by atoms with E-state index in [1.807, 2.05) is 32.0 Å². The average Bonchev–Trinajstić information content (AvgIpc) is 2.86. The molecule has 0 radical (unpaired) electrons. The Labute approximate surface area is 127 Å². The van der Waals surface area contributed by atoms with Gasteiger partial charge in [0.15, 0.2) is 8.68 Å². The van der Waals surface area contributed by atoms with E-state index in [-0.39, 0.29) is 8.68 Å². The Morgan fingerprint density at radius 2 is 1.85 bits per heavy atom. The summed E-state index contributed by atoms with van der Waals surface area (Å²) in [6.45, 7) is 3.99. The number of hydrogen-bond acceptors (Lipinski definition) is 4. The van der Waals surface area contributed by atoms with Crippen LogP contribution >= 0.6 is 22.9 Å². The van der Waals surface area contributed by atoms with Crippen LogP contribution < -0.4 is 4.72 Å². The molecule has 4 nitrogen and oxygen atoms in total. The summed E-state index contributed by atoms with van der Waals surface area (Å²) in [7, 11) is -3.64. The quantitative estimate of drug-likeness (QED) is 0.908. The average molecular weight is 331 g/mol. The third kappa shape index (κ3) is 3.13. The number of thiazole rings is 1. The van der Waals surface area contributed by atoms with Gasteiger partial charge in [-0.05, 0) is 24.0 Å². The Kier molecular flexibility index (Phi) is 4.67. The highest BCUT2D eigenvalue weighted by molar-refractivity contribution is 7.94. The molecule has 0 bridgehead atoms. The third-order valence-corrected chi connectivity index (χ3v) is 5.88. The lowest BCUT2D eigenvalue weighted by Crippen LogP contribution is -2.14. The molecule has 1 aromatic carbocycles. The van der Waals surface area contributed by atoms with Crippen molar-refractivity contribution < 1.29 is 8.42 Å². The number of nitrogens with zero attached hydrogens (tertiary/aromatic N) is 1. The molecule has 2 aromatic rings. The number of nitrogens with one attached hydrogen (secondary N) is 1. The molecule has 2 rings (SSSR count). The van der Waals surface area contributed by atoms with E-state index >= 15 is 0 Å². The van der Waals surface area contributed by atoms with Crippen LogP contribution in [0.1, 0.15) is 25.0 Å². The first-order valence-electron chi connectivity index (χ1n) is 6.22. The van der Waals surface area contributed by atoms with E-state index in [4.69, 9.17) is 11.6 Å². The van der Waals surface area contributed by atoms with Gasteiger partial charge in [0.2, 0.25) is 0 Å². The van der Waals surface area contributed by atoms with Gasteiger partial charge in [0, 0.05) is 0 Å². The SMILES string of the molecule is CCc1cccc(CC)c1NS(=O)(=O)c1cnc(Cl)s1. The zero-order valence-corrected chi connectivity index (χ0v) is 13.6. The molecule has 1 N–H and O–H groups in total. The van der Waals surface area contributed by atoms with Crippen molar-refractivity contribution in [2.45, 2.75) is 30.9 Å². The maximum Gasteiger partial charge on any atom is 0.273 e. The molecule has 0 aliphatic heterocycles. The van der Waals surface area contributed by atoms with Crippen molar-refractivity contribution in [3.63, 3.8) is 0 Å². The molecule has 0 atom stereocenters. The minimum Gasteiger partial charge on any atom is -0.278 e. The zero-order valence-electron chi connectivity index (χ0n) is 11.2. The number of halogens is 1. The van der Waals surface area contributed by atoms with Gasteiger partial charge in [-0.25, -0.2) is 13.4 Å². The summed E-state index contributed by atoms with van der Waals surface area (Å²) in [6.07, 6.45) is 2.79. The third-order valence-electron chi connectivity index (χ3n) is 2.96. The highest BCUT2D eigenvalue weighted by Crippen LogP contribution is 2.28. The first-order valence-corrected chi connectivity index (χ1v) is 8.90. The van der Waals surface area contributed by atoms with Gasteiger partial charge in [-0.1, -0.05) is 55.0 Å². The van der Waals surface area contributed by atoms with Crippen LogP contribution in [0, 0.1) is 0 Å². The maximum absolute atomic E-state index is 12.4. The zero-order chi connectivity index (χ0) is 14.8. The number of hydrogen-bond donors (Lipinski definition) is 1. The molecule has 20 heavy (non-hydrogen) atoms. The number of aromatic nitrogens is 1. The fourth-order valence-corrected chi connectivity index (χ4v) is 4.36. The lowest BCUT2D eigenvalue weighted by Gasteiger charge is -2.14. The number of aryl methyl sites for hydroxylation is 2.